The summed E-state index contributed by atoms with van der Waals surface area (Å²) < 4.78 is 0. The second-order valence-electron chi connectivity index (χ2n) is 6.41. The van der Waals surface area contributed by atoms with Crippen LogP contribution in [0.3, 0.4) is 0 Å². The van der Waals surface area contributed by atoms with Crippen molar-refractivity contribution in [1.82, 2.24) is 5.32 Å². The van der Waals surface area contributed by atoms with Crippen molar-refractivity contribution in [3.8, 4) is 0 Å². The highest BCUT2D eigenvalue weighted by Gasteiger charge is 2.13. The minimum absolute atomic E-state index is 0.00648. The zero-order valence-electron chi connectivity index (χ0n) is 12.7. The van der Waals surface area contributed by atoms with Gasteiger partial charge < -0.3 is 10.6 Å². The molecule has 1 aromatic carbocycles. The number of rotatable bonds is 5. The first kappa shape index (κ1) is 15.5. The second-order valence-corrected chi connectivity index (χ2v) is 6.41. The van der Waals surface area contributed by atoms with Crippen LogP contribution < -0.4 is 10.6 Å². The molecule has 0 atom stereocenters. The van der Waals surface area contributed by atoms with Crippen LogP contribution in [0, 0.1) is 5.41 Å². The minimum Gasteiger partial charge on any atom is -0.382 e. The number of hydrogen-bond donors (Lipinski definition) is 2. The van der Waals surface area contributed by atoms with E-state index in [1.165, 1.54) is 0 Å². The van der Waals surface area contributed by atoms with Gasteiger partial charge in [0.05, 0.1) is 5.56 Å². The molecule has 1 amide bonds. The van der Waals surface area contributed by atoms with Gasteiger partial charge in [0.25, 0.3) is 5.91 Å². The van der Waals surface area contributed by atoms with Crippen LogP contribution in [0.15, 0.2) is 24.3 Å². The minimum atomic E-state index is -0.00648. The summed E-state index contributed by atoms with van der Waals surface area (Å²) in [6, 6.07) is 7.94. The summed E-state index contributed by atoms with van der Waals surface area (Å²) in [5, 5.41) is 6.29. The average molecular weight is 262 g/mol. The Balaban J connectivity index is 2.66. The molecule has 0 unspecified atom stereocenters. The molecule has 3 nitrogen and oxygen atoms in total. The Bertz CT molecular complexity index is 419. The van der Waals surface area contributed by atoms with E-state index in [-0.39, 0.29) is 11.3 Å². The molecular weight excluding hydrogens is 236 g/mol. The molecule has 0 aliphatic rings. The third-order valence-electron chi connectivity index (χ3n) is 2.78. The standard InChI is InChI=1S/C16H26N2O/c1-12(2)18-14-9-7-6-8-13(14)15(19)17-11-10-16(3,4)5/h6-9,12,18H,10-11H2,1-5H3,(H,17,19). The van der Waals surface area contributed by atoms with Crippen molar-refractivity contribution in [2.24, 2.45) is 5.41 Å². The van der Waals surface area contributed by atoms with Gasteiger partial charge in [0.1, 0.15) is 0 Å². The van der Waals surface area contributed by atoms with Crippen LogP contribution in [0.5, 0.6) is 0 Å². The van der Waals surface area contributed by atoms with Crippen LogP contribution in [0.2, 0.25) is 0 Å². The van der Waals surface area contributed by atoms with E-state index in [2.05, 4.69) is 45.3 Å². The number of amides is 1. The lowest BCUT2D eigenvalue weighted by molar-refractivity contribution is 0.0950. The first-order valence-corrected chi connectivity index (χ1v) is 6.93. The van der Waals surface area contributed by atoms with Gasteiger partial charge >= 0.3 is 0 Å². The van der Waals surface area contributed by atoms with Gasteiger partial charge in [0.2, 0.25) is 0 Å². The topological polar surface area (TPSA) is 41.1 Å². The molecule has 0 aromatic heterocycles. The lowest BCUT2D eigenvalue weighted by Crippen LogP contribution is -2.28. The summed E-state index contributed by atoms with van der Waals surface area (Å²) in [6.45, 7) is 11.4. The molecule has 1 rings (SSSR count). The molecule has 1 aromatic rings. The van der Waals surface area contributed by atoms with Crippen molar-refractivity contribution in [3.05, 3.63) is 29.8 Å². The van der Waals surface area contributed by atoms with Gasteiger partial charge in [-0.3, -0.25) is 4.79 Å². The number of anilines is 1. The summed E-state index contributed by atoms with van der Waals surface area (Å²) in [5.41, 5.74) is 1.85. The molecule has 0 bridgehead atoms. The predicted molar refractivity (Wildman–Crippen MR) is 81.6 cm³/mol. The van der Waals surface area contributed by atoms with Gasteiger partial charge in [-0.2, -0.15) is 0 Å². The highest BCUT2D eigenvalue weighted by molar-refractivity contribution is 5.99. The zero-order valence-corrected chi connectivity index (χ0v) is 12.7. The average Bonchev–Trinajstić information content (AvgIpc) is 2.27. The quantitative estimate of drug-likeness (QED) is 0.850. The number of carbonyl (C=O) groups is 1. The molecule has 2 N–H and O–H groups in total. The Morgan fingerprint density at radius 3 is 2.42 bits per heavy atom. The number of benzene rings is 1. The molecule has 0 fully saturated rings. The van der Waals surface area contributed by atoms with Gasteiger partial charge in [-0.05, 0) is 37.8 Å². The van der Waals surface area contributed by atoms with Crippen molar-refractivity contribution >= 4 is 11.6 Å². The van der Waals surface area contributed by atoms with E-state index in [0.717, 1.165) is 12.1 Å². The molecular formula is C16H26N2O. The van der Waals surface area contributed by atoms with Crippen LogP contribution >= 0.6 is 0 Å². The number of hydrogen-bond acceptors (Lipinski definition) is 2. The summed E-state index contributed by atoms with van der Waals surface area (Å²) in [5.74, 6) is -0.00648. The first-order chi connectivity index (χ1) is 8.79. The Kier molecular flexibility index (Phi) is 5.40. The lowest BCUT2D eigenvalue weighted by atomic mass is 9.92. The molecule has 0 spiro atoms. The molecule has 106 valence electrons. The third-order valence-corrected chi connectivity index (χ3v) is 2.78. The fourth-order valence-corrected chi connectivity index (χ4v) is 1.76. The highest BCUT2D eigenvalue weighted by Crippen LogP contribution is 2.18. The van der Waals surface area contributed by atoms with E-state index in [1.54, 1.807) is 0 Å². The van der Waals surface area contributed by atoms with Crippen LogP contribution in [0.1, 0.15) is 51.4 Å². The largest absolute Gasteiger partial charge is 0.382 e. The van der Waals surface area contributed by atoms with Crippen LogP contribution in [0.25, 0.3) is 0 Å². The van der Waals surface area contributed by atoms with E-state index < -0.39 is 0 Å². The maximum Gasteiger partial charge on any atom is 0.253 e. The Hall–Kier alpha value is -1.51. The number of para-hydroxylation sites is 1. The SMILES string of the molecule is CC(C)Nc1ccccc1C(=O)NCCC(C)(C)C. The molecule has 0 heterocycles. The maximum atomic E-state index is 12.2. The van der Waals surface area contributed by atoms with Crippen molar-refractivity contribution in [2.45, 2.75) is 47.1 Å². The van der Waals surface area contributed by atoms with Crippen molar-refractivity contribution in [3.63, 3.8) is 0 Å². The summed E-state index contributed by atoms with van der Waals surface area (Å²) >= 11 is 0. The van der Waals surface area contributed by atoms with Crippen LogP contribution in [0.4, 0.5) is 5.69 Å². The predicted octanol–water partition coefficient (Wildman–Crippen LogP) is 3.67. The third kappa shape index (κ3) is 5.77. The van der Waals surface area contributed by atoms with Gasteiger partial charge in [0, 0.05) is 18.3 Å². The molecule has 0 radical (unpaired) electrons. The van der Waals surface area contributed by atoms with Gasteiger partial charge in [-0.25, -0.2) is 0 Å². The highest BCUT2D eigenvalue weighted by atomic mass is 16.1. The van der Waals surface area contributed by atoms with E-state index >= 15 is 0 Å². The zero-order chi connectivity index (χ0) is 14.5. The first-order valence-electron chi connectivity index (χ1n) is 6.93. The fourth-order valence-electron chi connectivity index (χ4n) is 1.76. The van der Waals surface area contributed by atoms with E-state index in [1.807, 2.05) is 24.3 Å². The van der Waals surface area contributed by atoms with E-state index in [9.17, 15) is 4.79 Å². The van der Waals surface area contributed by atoms with Crippen molar-refractivity contribution in [2.75, 3.05) is 11.9 Å². The Morgan fingerprint density at radius 1 is 1.21 bits per heavy atom. The molecule has 0 aliphatic heterocycles. The van der Waals surface area contributed by atoms with Gasteiger partial charge in [0.15, 0.2) is 0 Å². The maximum absolute atomic E-state index is 12.2. The number of nitrogens with one attached hydrogen (secondary N) is 2. The fraction of sp³-hybridized carbons (Fsp3) is 0.562. The van der Waals surface area contributed by atoms with E-state index in [0.29, 0.717) is 18.2 Å². The van der Waals surface area contributed by atoms with Gasteiger partial charge in [-0.15, -0.1) is 0 Å². The van der Waals surface area contributed by atoms with E-state index in [4.69, 9.17) is 0 Å². The van der Waals surface area contributed by atoms with Crippen LogP contribution in [-0.2, 0) is 0 Å². The molecule has 0 aliphatic carbocycles. The molecule has 0 saturated heterocycles. The summed E-state index contributed by atoms with van der Waals surface area (Å²) in [7, 11) is 0. The second kappa shape index (κ2) is 6.60. The summed E-state index contributed by atoms with van der Waals surface area (Å²) in [4.78, 5) is 12.2. The smallest absolute Gasteiger partial charge is 0.253 e. The monoisotopic (exact) mass is 262 g/mol. The van der Waals surface area contributed by atoms with Crippen molar-refractivity contribution < 1.29 is 4.79 Å². The molecule has 0 saturated carbocycles. The Labute approximate surface area is 116 Å². The number of carbonyl (C=O) groups excluding carboxylic acids is 1. The normalized spacial score (nSPS) is 11.5. The summed E-state index contributed by atoms with van der Waals surface area (Å²) in [6.07, 6.45) is 0.971. The lowest BCUT2D eigenvalue weighted by Gasteiger charge is -2.19. The van der Waals surface area contributed by atoms with Crippen LogP contribution in [-0.4, -0.2) is 18.5 Å². The van der Waals surface area contributed by atoms with Gasteiger partial charge in [-0.1, -0.05) is 32.9 Å². The molecule has 3 heteroatoms. The molecule has 19 heavy (non-hydrogen) atoms. The Morgan fingerprint density at radius 2 is 1.84 bits per heavy atom. The van der Waals surface area contributed by atoms with Crippen molar-refractivity contribution in [1.29, 1.82) is 0 Å².